The van der Waals surface area contributed by atoms with Crippen molar-refractivity contribution in [2.45, 2.75) is 24.9 Å². The van der Waals surface area contributed by atoms with Crippen LogP contribution in [0.3, 0.4) is 0 Å². The number of carbonyl (C=O) groups is 1. The van der Waals surface area contributed by atoms with E-state index in [0.717, 1.165) is 23.5 Å². The number of benzene rings is 1. The zero-order valence-electron chi connectivity index (χ0n) is 11.5. The summed E-state index contributed by atoms with van der Waals surface area (Å²) in [5, 5.41) is 9.16. The van der Waals surface area contributed by atoms with Crippen molar-refractivity contribution in [3.63, 3.8) is 0 Å². The molecular formula is C14H14F2N2O2S. The van der Waals surface area contributed by atoms with E-state index in [1.165, 1.54) is 12.1 Å². The van der Waals surface area contributed by atoms with Gasteiger partial charge in [-0.25, -0.2) is 13.8 Å². The number of hydrogen-bond donors (Lipinski definition) is 1. The van der Waals surface area contributed by atoms with Crippen LogP contribution in [0.2, 0.25) is 0 Å². The van der Waals surface area contributed by atoms with Crippen molar-refractivity contribution < 1.29 is 18.7 Å². The quantitative estimate of drug-likeness (QED) is 0.859. The van der Waals surface area contributed by atoms with Crippen molar-refractivity contribution >= 4 is 17.7 Å². The molecule has 0 unspecified atom stereocenters. The standard InChI is InChI=1S/C14H14F2N2O2S/c1-8(2)12-6-17-14(21-7-13(19)20)18(12)11-4-9(15)3-10(16)5-11/h3-6,8H,7H2,1-2H3,(H,19,20). The Morgan fingerprint density at radius 1 is 1.33 bits per heavy atom. The summed E-state index contributed by atoms with van der Waals surface area (Å²) in [4.78, 5) is 14.9. The van der Waals surface area contributed by atoms with Gasteiger partial charge in [-0.1, -0.05) is 25.6 Å². The topological polar surface area (TPSA) is 55.1 Å². The van der Waals surface area contributed by atoms with E-state index in [0.29, 0.717) is 10.8 Å². The van der Waals surface area contributed by atoms with Crippen molar-refractivity contribution in [1.29, 1.82) is 0 Å². The van der Waals surface area contributed by atoms with Crippen LogP contribution in [-0.2, 0) is 4.79 Å². The molecule has 7 heteroatoms. The fourth-order valence-electron chi connectivity index (χ4n) is 1.91. The van der Waals surface area contributed by atoms with Crippen molar-refractivity contribution in [3.8, 4) is 5.69 Å². The minimum absolute atomic E-state index is 0.0722. The van der Waals surface area contributed by atoms with Crippen molar-refractivity contribution in [3.05, 3.63) is 41.7 Å². The van der Waals surface area contributed by atoms with Gasteiger partial charge in [0.25, 0.3) is 0 Å². The highest BCUT2D eigenvalue weighted by atomic mass is 32.2. The molecule has 0 saturated carbocycles. The lowest BCUT2D eigenvalue weighted by molar-refractivity contribution is -0.133. The van der Waals surface area contributed by atoms with E-state index in [2.05, 4.69) is 4.98 Å². The van der Waals surface area contributed by atoms with Gasteiger partial charge < -0.3 is 5.11 Å². The Morgan fingerprint density at radius 2 is 1.95 bits per heavy atom. The molecule has 1 heterocycles. The van der Waals surface area contributed by atoms with E-state index in [1.54, 1.807) is 10.8 Å². The Morgan fingerprint density at radius 3 is 2.48 bits per heavy atom. The maximum Gasteiger partial charge on any atom is 0.313 e. The van der Waals surface area contributed by atoms with Gasteiger partial charge in [0.05, 0.1) is 17.6 Å². The van der Waals surface area contributed by atoms with Crippen molar-refractivity contribution in [2.24, 2.45) is 0 Å². The van der Waals surface area contributed by atoms with Crippen LogP contribution in [0.5, 0.6) is 0 Å². The van der Waals surface area contributed by atoms with Gasteiger partial charge in [-0.3, -0.25) is 9.36 Å². The number of carboxylic acids is 1. The molecule has 0 atom stereocenters. The molecule has 112 valence electrons. The summed E-state index contributed by atoms with van der Waals surface area (Å²) in [6.07, 6.45) is 1.59. The first-order chi connectivity index (χ1) is 9.88. The first kappa shape index (κ1) is 15.5. The molecule has 2 aromatic rings. The van der Waals surface area contributed by atoms with Crippen molar-refractivity contribution in [2.75, 3.05) is 5.75 Å². The van der Waals surface area contributed by atoms with E-state index in [4.69, 9.17) is 5.11 Å². The van der Waals surface area contributed by atoms with Crippen LogP contribution < -0.4 is 0 Å². The predicted molar refractivity (Wildman–Crippen MR) is 75.9 cm³/mol. The van der Waals surface area contributed by atoms with Crippen LogP contribution in [-0.4, -0.2) is 26.4 Å². The number of nitrogens with zero attached hydrogens (tertiary/aromatic N) is 2. The molecule has 0 aliphatic rings. The summed E-state index contributed by atoms with van der Waals surface area (Å²) in [7, 11) is 0. The Kier molecular flexibility index (Phi) is 4.62. The average Bonchev–Trinajstić information content (AvgIpc) is 2.78. The van der Waals surface area contributed by atoms with Crippen LogP contribution in [0, 0.1) is 11.6 Å². The molecule has 0 radical (unpaired) electrons. The number of thioether (sulfide) groups is 1. The zero-order chi connectivity index (χ0) is 15.6. The molecule has 0 aliphatic heterocycles. The molecule has 0 spiro atoms. The largest absolute Gasteiger partial charge is 0.481 e. The molecule has 0 saturated heterocycles. The third kappa shape index (κ3) is 3.60. The maximum absolute atomic E-state index is 13.4. The lowest BCUT2D eigenvalue weighted by Gasteiger charge is -2.14. The van der Waals surface area contributed by atoms with Gasteiger partial charge in [-0.05, 0) is 18.1 Å². The molecule has 1 N–H and O–H groups in total. The van der Waals surface area contributed by atoms with Crippen LogP contribution in [0.1, 0.15) is 25.5 Å². The fraction of sp³-hybridized carbons (Fsp3) is 0.286. The van der Waals surface area contributed by atoms with Crippen LogP contribution in [0.15, 0.2) is 29.6 Å². The van der Waals surface area contributed by atoms with Crippen LogP contribution in [0.4, 0.5) is 8.78 Å². The average molecular weight is 312 g/mol. The molecule has 0 bridgehead atoms. The molecule has 0 fully saturated rings. The van der Waals surface area contributed by atoms with Gasteiger partial charge in [0.2, 0.25) is 0 Å². The summed E-state index contributed by atoms with van der Waals surface area (Å²) in [6.45, 7) is 3.85. The smallest absolute Gasteiger partial charge is 0.313 e. The van der Waals surface area contributed by atoms with E-state index in [1.807, 2.05) is 13.8 Å². The molecule has 0 amide bonds. The number of halogens is 2. The summed E-state index contributed by atoms with van der Waals surface area (Å²) < 4.78 is 28.4. The van der Waals surface area contributed by atoms with Gasteiger partial charge in [-0.2, -0.15) is 0 Å². The van der Waals surface area contributed by atoms with E-state index >= 15 is 0 Å². The molecule has 1 aromatic heterocycles. The molecule has 2 rings (SSSR count). The third-order valence-corrected chi connectivity index (χ3v) is 3.72. The van der Waals surface area contributed by atoms with E-state index < -0.39 is 17.6 Å². The molecule has 4 nitrogen and oxygen atoms in total. The van der Waals surface area contributed by atoms with E-state index in [-0.39, 0.29) is 11.7 Å². The minimum Gasteiger partial charge on any atom is -0.481 e. The number of rotatable bonds is 5. The van der Waals surface area contributed by atoms with Gasteiger partial charge in [0.15, 0.2) is 5.16 Å². The SMILES string of the molecule is CC(C)c1cnc(SCC(=O)O)n1-c1cc(F)cc(F)c1. The summed E-state index contributed by atoms with van der Waals surface area (Å²) >= 11 is 1.01. The second-order valence-electron chi connectivity index (χ2n) is 4.77. The Bertz CT molecular complexity index is 651. The van der Waals surface area contributed by atoms with Gasteiger partial charge in [-0.15, -0.1) is 0 Å². The summed E-state index contributed by atoms with van der Waals surface area (Å²) in [6, 6.07) is 3.18. The normalized spacial score (nSPS) is 11.1. The molecule has 21 heavy (non-hydrogen) atoms. The first-order valence-corrected chi connectivity index (χ1v) is 7.25. The second-order valence-corrected chi connectivity index (χ2v) is 5.71. The fourth-order valence-corrected chi connectivity index (χ4v) is 2.63. The number of aliphatic carboxylic acids is 1. The van der Waals surface area contributed by atoms with Gasteiger partial charge in [0, 0.05) is 11.8 Å². The molecule has 1 aromatic carbocycles. The summed E-state index contributed by atoms with van der Waals surface area (Å²) in [5.41, 5.74) is 1.05. The number of hydrogen-bond acceptors (Lipinski definition) is 3. The van der Waals surface area contributed by atoms with Gasteiger partial charge >= 0.3 is 5.97 Å². The lowest BCUT2D eigenvalue weighted by atomic mass is 10.1. The Labute approximate surface area is 124 Å². The highest BCUT2D eigenvalue weighted by Crippen LogP contribution is 2.28. The predicted octanol–water partition coefficient (Wildman–Crippen LogP) is 3.45. The zero-order valence-corrected chi connectivity index (χ0v) is 12.3. The maximum atomic E-state index is 13.4. The first-order valence-electron chi connectivity index (χ1n) is 6.27. The molecule has 0 aliphatic carbocycles. The minimum atomic E-state index is -0.980. The van der Waals surface area contributed by atoms with Crippen LogP contribution in [0.25, 0.3) is 5.69 Å². The monoisotopic (exact) mass is 312 g/mol. The number of carboxylic acid groups (broad SMARTS) is 1. The number of aromatic nitrogens is 2. The molecular weight excluding hydrogens is 298 g/mol. The third-order valence-electron chi connectivity index (χ3n) is 2.78. The highest BCUT2D eigenvalue weighted by molar-refractivity contribution is 7.99. The highest BCUT2D eigenvalue weighted by Gasteiger charge is 2.17. The Hall–Kier alpha value is -1.89. The van der Waals surface area contributed by atoms with Gasteiger partial charge in [0.1, 0.15) is 11.6 Å². The number of imidazole rings is 1. The van der Waals surface area contributed by atoms with Crippen molar-refractivity contribution in [1.82, 2.24) is 9.55 Å². The Balaban J connectivity index is 2.52. The lowest BCUT2D eigenvalue weighted by Crippen LogP contribution is -2.06. The van der Waals surface area contributed by atoms with E-state index in [9.17, 15) is 13.6 Å². The summed E-state index contributed by atoms with van der Waals surface area (Å²) in [5.74, 6) is -2.47. The second kappa shape index (κ2) is 6.26. The van der Waals surface area contributed by atoms with Crippen LogP contribution >= 0.6 is 11.8 Å².